The fourth-order valence-corrected chi connectivity index (χ4v) is 7.11. The van der Waals surface area contributed by atoms with Crippen molar-refractivity contribution in [3.8, 4) is 11.3 Å². The molecular formula is C34H47N7O6Si. The molecule has 13 nitrogen and oxygen atoms in total. The van der Waals surface area contributed by atoms with E-state index in [1.54, 1.807) is 23.4 Å². The third-order valence-electron chi connectivity index (χ3n) is 9.05. The number of hydrogen-bond acceptors (Lipinski definition) is 9. The first-order valence-corrected chi connectivity index (χ1v) is 20.5. The van der Waals surface area contributed by atoms with Gasteiger partial charge in [0.05, 0.1) is 30.0 Å². The summed E-state index contributed by atoms with van der Waals surface area (Å²) in [5.74, 6) is 0.559. The first-order valence-electron chi connectivity index (χ1n) is 16.7. The quantitative estimate of drug-likeness (QED) is 0.197. The number of benzene rings is 1. The number of nitrogens with one attached hydrogen (secondary N) is 1. The number of nitrogens with zero attached hydrogens (tertiary/aromatic N) is 6. The summed E-state index contributed by atoms with van der Waals surface area (Å²) >= 11 is 0. The number of hydrogen-bond donors (Lipinski definition) is 1. The van der Waals surface area contributed by atoms with Crippen LogP contribution < -0.4 is 15.1 Å². The number of anilines is 2. The van der Waals surface area contributed by atoms with Crippen molar-refractivity contribution in [1.82, 2.24) is 24.8 Å². The molecule has 1 N–H and O–H groups in total. The number of rotatable bonds is 8. The number of piperidine rings is 1. The maximum absolute atomic E-state index is 13.8. The van der Waals surface area contributed by atoms with Gasteiger partial charge in [0.25, 0.3) is 5.91 Å². The molecule has 0 unspecified atom stereocenters. The van der Waals surface area contributed by atoms with Crippen molar-refractivity contribution in [3.05, 3.63) is 36.7 Å². The Hall–Kier alpha value is -4.01. The zero-order valence-corrected chi connectivity index (χ0v) is 29.9. The van der Waals surface area contributed by atoms with Gasteiger partial charge in [0.15, 0.2) is 0 Å². The lowest BCUT2D eigenvalue weighted by molar-refractivity contribution is -0.123. The van der Waals surface area contributed by atoms with E-state index in [4.69, 9.17) is 14.2 Å². The second kappa shape index (κ2) is 13.1. The Labute approximate surface area is 282 Å². The molecule has 14 heteroatoms. The van der Waals surface area contributed by atoms with Crippen molar-refractivity contribution in [2.45, 2.75) is 77.2 Å². The lowest BCUT2D eigenvalue weighted by Gasteiger charge is -2.37. The Morgan fingerprint density at radius 2 is 1.71 bits per heavy atom. The minimum atomic E-state index is -1.27. The van der Waals surface area contributed by atoms with E-state index >= 15 is 0 Å². The number of imide groups is 1. The predicted molar refractivity (Wildman–Crippen MR) is 186 cm³/mol. The van der Waals surface area contributed by atoms with E-state index in [0.717, 1.165) is 47.2 Å². The number of urea groups is 1. The normalized spacial score (nSPS) is 18.6. The van der Waals surface area contributed by atoms with Crippen molar-refractivity contribution < 1.29 is 28.6 Å². The van der Waals surface area contributed by atoms with Crippen molar-refractivity contribution in [2.24, 2.45) is 0 Å². The second-order valence-electron chi connectivity index (χ2n) is 15.0. The van der Waals surface area contributed by atoms with E-state index < -0.39 is 31.3 Å². The van der Waals surface area contributed by atoms with E-state index in [9.17, 15) is 14.4 Å². The largest absolute Gasteiger partial charge is 0.444 e. The van der Waals surface area contributed by atoms with E-state index in [1.165, 1.54) is 4.90 Å². The highest BCUT2D eigenvalue weighted by Gasteiger charge is 2.53. The van der Waals surface area contributed by atoms with E-state index in [0.29, 0.717) is 58.2 Å². The van der Waals surface area contributed by atoms with Crippen molar-refractivity contribution >= 4 is 48.6 Å². The summed E-state index contributed by atoms with van der Waals surface area (Å²) in [6, 6.07) is 10.1. The SMILES string of the molecule is CC(C)(C)OC(=O)N1CCC2(CC1)NC(=O)N(c1ccc(-c3cc4c(N5CCOCC5)ncnc4n3COCC[Si](C)(C)C)cc1)C2=O. The van der Waals surface area contributed by atoms with Gasteiger partial charge in [0.1, 0.15) is 35.7 Å². The average Bonchev–Trinajstić information content (AvgIpc) is 3.52. The second-order valence-corrected chi connectivity index (χ2v) is 20.6. The molecule has 3 saturated heterocycles. The van der Waals surface area contributed by atoms with Crippen LogP contribution >= 0.6 is 0 Å². The van der Waals surface area contributed by atoms with Gasteiger partial charge in [-0.25, -0.2) is 24.5 Å². The lowest BCUT2D eigenvalue weighted by Crippen LogP contribution is -2.56. The third-order valence-corrected chi connectivity index (χ3v) is 10.8. The van der Waals surface area contributed by atoms with Crippen molar-refractivity contribution in [2.75, 3.05) is 55.8 Å². The number of ether oxygens (including phenoxy) is 3. The Morgan fingerprint density at radius 3 is 2.35 bits per heavy atom. The highest BCUT2D eigenvalue weighted by atomic mass is 28.3. The molecule has 2 aromatic heterocycles. The van der Waals surface area contributed by atoms with Gasteiger partial charge in [0.2, 0.25) is 0 Å². The van der Waals surface area contributed by atoms with Gasteiger partial charge in [-0.3, -0.25) is 4.79 Å². The van der Waals surface area contributed by atoms with E-state index in [-0.39, 0.29) is 5.91 Å². The van der Waals surface area contributed by atoms with Gasteiger partial charge in [-0.1, -0.05) is 31.8 Å². The summed E-state index contributed by atoms with van der Waals surface area (Å²) < 4.78 is 19.4. The molecule has 5 heterocycles. The van der Waals surface area contributed by atoms with Gasteiger partial charge >= 0.3 is 12.1 Å². The number of amides is 4. The predicted octanol–water partition coefficient (Wildman–Crippen LogP) is 5.07. The van der Waals surface area contributed by atoms with Crippen LogP contribution in [0.25, 0.3) is 22.3 Å². The summed E-state index contributed by atoms with van der Waals surface area (Å²) in [4.78, 5) is 54.0. The van der Waals surface area contributed by atoms with Crippen LogP contribution in [-0.4, -0.2) is 103 Å². The monoisotopic (exact) mass is 677 g/mol. The number of morpholine rings is 1. The molecule has 3 aromatic rings. The van der Waals surface area contributed by atoms with Gasteiger partial charge < -0.3 is 33.9 Å². The molecule has 3 aliphatic rings. The standard InChI is InChI=1S/C34H47N7O6Si/c1-33(2,3)47-32(44)39-13-11-34(12-14-39)30(42)41(31(43)37-34)25-9-7-24(8-10-25)27-21-26-28(38-15-17-45-18-16-38)35-22-36-29(26)40(27)23-46-19-20-48(4,5)6/h7-10,21-22H,11-20,23H2,1-6H3,(H,37,43). The molecule has 0 radical (unpaired) electrons. The zero-order chi connectivity index (χ0) is 34.3. The first kappa shape index (κ1) is 33.9. The molecule has 0 saturated carbocycles. The summed E-state index contributed by atoms with van der Waals surface area (Å²) in [5.41, 5.74) is 1.40. The van der Waals surface area contributed by atoms with Gasteiger partial charge in [-0.05, 0) is 63.4 Å². The Morgan fingerprint density at radius 1 is 1.02 bits per heavy atom. The van der Waals surface area contributed by atoms with Crippen LogP contribution in [0, 0.1) is 0 Å². The lowest BCUT2D eigenvalue weighted by atomic mass is 9.87. The average molecular weight is 678 g/mol. The van der Waals surface area contributed by atoms with E-state index in [2.05, 4.69) is 50.5 Å². The molecule has 258 valence electrons. The Balaban J connectivity index is 1.24. The minimum absolute atomic E-state index is 0.306. The van der Waals surface area contributed by atoms with Crippen LogP contribution in [-0.2, 0) is 25.7 Å². The Bertz CT molecular complexity index is 1670. The number of aromatic nitrogens is 3. The highest BCUT2D eigenvalue weighted by Crippen LogP contribution is 2.36. The Kier molecular flexibility index (Phi) is 9.26. The van der Waals surface area contributed by atoms with Gasteiger partial charge in [-0.15, -0.1) is 0 Å². The van der Waals surface area contributed by atoms with E-state index in [1.807, 2.05) is 32.9 Å². The number of likely N-dealkylation sites (tertiary alicyclic amines) is 1. The van der Waals surface area contributed by atoms with Gasteiger partial charge in [-0.2, -0.15) is 0 Å². The summed E-state index contributed by atoms with van der Waals surface area (Å²) in [5, 5.41) is 3.87. The zero-order valence-electron chi connectivity index (χ0n) is 28.9. The molecule has 3 fully saturated rings. The van der Waals surface area contributed by atoms with Crippen molar-refractivity contribution in [3.63, 3.8) is 0 Å². The number of carbonyl (C=O) groups is 3. The molecule has 1 aromatic carbocycles. The molecule has 1 spiro atoms. The first-order chi connectivity index (χ1) is 22.7. The number of fused-ring (bicyclic) bond motifs is 1. The molecule has 0 bridgehead atoms. The minimum Gasteiger partial charge on any atom is -0.444 e. The van der Waals surface area contributed by atoms with Crippen LogP contribution in [0.4, 0.5) is 21.1 Å². The molecule has 48 heavy (non-hydrogen) atoms. The van der Waals surface area contributed by atoms with Crippen molar-refractivity contribution in [1.29, 1.82) is 0 Å². The molecule has 0 atom stereocenters. The molecule has 0 aliphatic carbocycles. The summed E-state index contributed by atoms with van der Waals surface area (Å²) in [6.07, 6.45) is 1.82. The maximum atomic E-state index is 13.8. The maximum Gasteiger partial charge on any atom is 0.410 e. The fraction of sp³-hybridized carbons (Fsp3) is 0.559. The molecule has 4 amide bonds. The molecular weight excluding hydrogens is 631 g/mol. The van der Waals surface area contributed by atoms with Crippen LogP contribution in [0.3, 0.4) is 0 Å². The van der Waals surface area contributed by atoms with Crippen LogP contribution in [0.5, 0.6) is 0 Å². The summed E-state index contributed by atoms with van der Waals surface area (Å²) in [7, 11) is -1.27. The molecule has 6 rings (SSSR count). The van der Waals surface area contributed by atoms with Crippen LogP contribution in [0.15, 0.2) is 36.7 Å². The van der Waals surface area contributed by atoms with Crippen LogP contribution in [0.1, 0.15) is 33.6 Å². The summed E-state index contributed by atoms with van der Waals surface area (Å²) in [6.45, 7) is 16.9. The molecule has 3 aliphatic heterocycles. The topological polar surface area (TPSA) is 131 Å². The number of carbonyl (C=O) groups excluding carboxylic acids is 3. The fourth-order valence-electron chi connectivity index (χ4n) is 6.35. The third kappa shape index (κ3) is 7.06. The highest BCUT2D eigenvalue weighted by molar-refractivity contribution is 6.76. The smallest absolute Gasteiger partial charge is 0.410 e. The van der Waals surface area contributed by atoms with Crippen LogP contribution in [0.2, 0.25) is 25.7 Å². The van der Waals surface area contributed by atoms with Gasteiger partial charge in [0, 0.05) is 40.9 Å².